The Bertz CT molecular complexity index is 267. The zero-order valence-corrected chi connectivity index (χ0v) is 9.30. The molecule has 1 aliphatic carbocycles. The maximum Gasteiger partial charge on any atom is 0.0981 e. The molecule has 2 nitrogen and oxygen atoms in total. The average molecular weight is 211 g/mol. The molecule has 0 saturated heterocycles. The first-order valence-corrected chi connectivity index (χ1v) is 6.11. The number of ether oxygens (including phenoxy) is 1. The van der Waals surface area contributed by atoms with E-state index >= 15 is 0 Å². The zero-order valence-electron chi connectivity index (χ0n) is 8.48. The summed E-state index contributed by atoms with van der Waals surface area (Å²) in [6.45, 7) is 2.89. The lowest BCUT2D eigenvalue weighted by atomic mass is 10.1. The molecule has 0 spiro atoms. The highest BCUT2D eigenvalue weighted by molar-refractivity contribution is 7.07. The van der Waals surface area contributed by atoms with Gasteiger partial charge < -0.3 is 10.5 Å². The van der Waals surface area contributed by atoms with Crippen LogP contribution in [-0.2, 0) is 4.74 Å². The van der Waals surface area contributed by atoms with Crippen molar-refractivity contribution in [3.8, 4) is 0 Å². The van der Waals surface area contributed by atoms with Gasteiger partial charge in [-0.05, 0) is 48.1 Å². The SMILES string of the molecule is CC(N)C(OCC1CC1)c1ccsc1. The highest BCUT2D eigenvalue weighted by Gasteiger charge is 2.25. The summed E-state index contributed by atoms with van der Waals surface area (Å²) in [5, 5.41) is 4.20. The molecule has 1 aromatic heterocycles. The van der Waals surface area contributed by atoms with Gasteiger partial charge in [0.15, 0.2) is 0 Å². The molecular weight excluding hydrogens is 194 g/mol. The second-order valence-electron chi connectivity index (χ2n) is 4.11. The van der Waals surface area contributed by atoms with Crippen molar-refractivity contribution < 1.29 is 4.74 Å². The van der Waals surface area contributed by atoms with Crippen LogP contribution in [0.25, 0.3) is 0 Å². The Morgan fingerprint density at radius 1 is 1.64 bits per heavy atom. The largest absolute Gasteiger partial charge is 0.372 e. The van der Waals surface area contributed by atoms with E-state index in [2.05, 4.69) is 16.8 Å². The molecule has 1 saturated carbocycles. The van der Waals surface area contributed by atoms with Crippen molar-refractivity contribution >= 4 is 11.3 Å². The first-order valence-electron chi connectivity index (χ1n) is 5.16. The van der Waals surface area contributed by atoms with Gasteiger partial charge in [-0.15, -0.1) is 0 Å². The number of nitrogens with two attached hydrogens (primary N) is 1. The van der Waals surface area contributed by atoms with Gasteiger partial charge in [0.05, 0.1) is 12.7 Å². The highest BCUT2D eigenvalue weighted by atomic mass is 32.1. The van der Waals surface area contributed by atoms with Crippen molar-refractivity contribution in [3.05, 3.63) is 22.4 Å². The van der Waals surface area contributed by atoms with Crippen molar-refractivity contribution in [1.82, 2.24) is 0 Å². The van der Waals surface area contributed by atoms with Crippen LogP contribution in [0.5, 0.6) is 0 Å². The van der Waals surface area contributed by atoms with Gasteiger partial charge in [-0.2, -0.15) is 11.3 Å². The molecular formula is C11H17NOS. The molecule has 0 amide bonds. The molecule has 1 aromatic rings. The van der Waals surface area contributed by atoms with Crippen molar-refractivity contribution in [1.29, 1.82) is 0 Å². The number of rotatable bonds is 5. The molecule has 1 fully saturated rings. The number of hydrogen-bond donors (Lipinski definition) is 1. The van der Waals surface area contributed by atoms with E-state index in [1.54, 1.807) is 11.3 Å². The molecule has 0 radical (unpaired) electrons. The molecule has 0 aromatic carbocycles. The van der Waals surface area contributed by atoms with Crippen LogP contribution in [0.2, 0.25) is 0 Å². The fourth-order valence-corrected chi connectivity index (χ4v) is 2.20. The number of thiophene rings is 1. The Kier molecular flexibility index (Phi) is 3.21. The van der Waals surface area contributed by atoms with Crippen LogP contribution < -0.4 is 5.73 Å². The van der Waals surface area contributed by atoms with Crippen molar-refractivity contribution in [3.63, 3.8) is 0 Å². The summed E-state index contributed by atoms with van der Waals surface area (Å²) in [7, 11) is 0. The van der Waals surface area contributed by atoms with Gasteiger partial charge in [-0.1, -0.05) is 0 Å². The lowest BCUT2D eigenvalue weighted by Gasteiger charge is -2.20. The third-order valence-electron chi connectivity index (χ3n) is 2.56. The maximum absolute atomic E-state index is 5.91. The predicted molar refractivity (Wildman–Crippen MR) is 59.4 cm³/mol. The lowest BCUT2D eigenvalue weighted by Crippen LogP contribution is -2.27. The van der Waals surface area contributed by atoms with E-state index in [9.17, 15) is 0 Å². The van der Waals surface area contributed by atoms with Crippen molar-refractivity contribution in [2.45, 2.75) is 31.9 Å². The normalized spacial score (nSPS) is 20.7. The molecule has 78 valence electrons. The van der Waals surface area contributed by atoms with Crippen LogP contribution in [0.4, 0.5) is 0 Å². The number of hydrogen-bond acceptors (Lipinski definition) is 3. The van der Waals surface area contributed by atoms with Crippen LogP contribution >= 0.6 is 11.3 Å². The van der Waals surface area contributed by atoms with E-state index in [1.807, 2.05) is 6.92 Å². The Morgan fingerprint density at radius 2 is 2.43 bits per heavy atom. The van der Waals surface area contributed by atoms with Crippen LogP contribution in [-0.4, -0.2) is 12.6 Å². The van der Waals surface area contributed by atoms with Gasteiger partial charge in [-0.25, -0.2) is 0 Å². The Balaban J connectivity index is 1.92. The van der Waals surface area contributed by atoms with Crippen molar-refractivity contribution in [2.24, 2.45) is 11.7 Å². The minimum Gasteiger partial charge on any atom is -0.372 e. The van der Waals surface area contributed by atoms with Gasteiger partial charge in [0.25, 0.3) is 0 Å². The summed E-state index contributed by atoms with van der Waals surface area (Å²) in [6.07, 6.45) is 2.74. The molecule has 1 heterocycles. The minimum atomic E-state index is 0.0725. The Morgan fingerprint density at radius 3 is 2.93 bits per heavy atom. The average Bonchev–Trinajstić information content (AvgIpc) is 2.80. The van der Waals surface area contributed by atoms with E-state index in [0.29, 0.717) is 0 Å². The van der Waals surface area contributed by atoms with E-state index in [4.69, 9.17) is 10.5 Å². The van der Waals surface area contributed by atoms with E-state index < -0.39 is 0 Å². The van der Waals surface area contributed by atoms with E-state index in [1.165, 1.54) is 18.4 Å². The van der Waals surface area contributed by atoms with Crippen LogP contribution in [0.1, 0.15) is 31.4 Å². The summed E-state index contributed by atoms with van der Waals surface area (Å²) < 4.78 is 5.85. The second kappa shape index (κ2) is 4.43. The molecule has 2 atom stereocenters. The Labute approximate surface area is 89.1 Å². The lowest BCUT2D eigenvalue weighted by molar-refractivity contribution is 0.0317. The summed E-state index contributed by atoms with van der Waals surface area (Å²) >= 11 is 1.70. The summed E-state index contributed by atoms with van der Waals surface area (Å²) in [5.41, 5.74) is 7.14. The van der Waals surface area contributed by atoms with Crippen LogP contribution in [0.3, 0.4) is 0 Å². The third kappa shape index (κ3) is 2.56. The first-order chi connectivity index (χ1) is 6.77. The zero-order chi connectivity index (χ0) is 9.97. The van der Waals surface area contributed by atoms with Crippen LogP contribution in [0.15, 0.2) is 16.8 Å². The summed E-state index contributed by atoms with van der Waals surface area (Å²) in [6, 6.07) is 2.18. The van der Waals surface area contributed by atoms with Gasteiger partial charge in [-0.3, -0.25) is 0 Å². The standard InChI is InChI=1S/C11H17NOS/c1-8(12)11(10-4-5-14-7-10)13-6-9-2-3-9/h4-5,7-9,11H,2-3,6,12H2,1H3. The maximum atomic E-state index is 5.91. The minimum absolute atomic E-state index is 0.0725. The monoisotopic (exact) mass is 211 g/mol. The van der Waals surface area contributed by atoms with Gasteiger partial charge in [0, 0.05) is 6.04 Å². The summed E-state index contributed by atoms with van der Waals surface area (Å²) in [5.74, 6) is 0.801. The highest BCUT2D eigenvalue weighted by Crippen LogP contribution is 2.32. The molecule has 3 heteroatoms. The molecule has 0 aliphatic heterocycles. The molecule has 2 rings (SSSR count). The smallest absolute Gasteiger partial charge is 0.0981 e. The molecule has 2 unspecified atom stereocenters. The fourth-order valence-electron chi connectivity index (χ4n) is 1.51. The summed E-state index contributed by atoms with van der Waals surface area (Å²) in [4.78, 5) is 0. The van der Waals surface area contributed by atoms with E-state index in [-0.39, 0.29) is 12.1 Å². The fraction of sp³-hybridized carbons (Fsp3) is 0.636. The quantitative estimate of drug-likeness (QED) is 0.812. The molecule has 14 heavy (non-hydrogen) atoms. The van der Waals surface area contributed by atoms with Crippen LogP contribution in [0, 0.1) is 5.92 Å². The topological polar surface area (TPSA) is 35.2 Å². The van der Waals surface area contributed by atoms with Gasteiger partial charge in [0.1, 0.15) is 0 Å². The predicted octanol–water partition coefficient (Wildman–Crippen LogP) is 2.56. The van der Waals surface area contributed by atoms with Gasteiger partial charge >= 0.3 is 0 Å². The second-order valence-corrected chi connectivity index (χ2v) is 4.89. The first kappa shape index (κ1) is 10.1. The van der Waals surface area contributed by atoms with E-state index in [0.717, 1.165) is 12.5 Å². The van der Waals surface area contributed by atoms with Crippen molar-refractivity contribution in [2.75, 3.05) is 6.61 Å². The third-order valence-corrected chi connectivity index (χ3v) is 3.26. The Hall–Kier alpha value is -0.380. The van der Waals surface area contributed by atoms with Gasteiger partial charge in [0.2, 0.25) is 0 Å². The molecule has 2 N–H and O–H groups in total. The molecule has 0 bridgehead atoms. The molecule has 1 aliphatic rings.